The molecule has 0 amide bonds. The SMILES string of the molecule is CNCC(=O)c1c(C)cncc1C. The quantitative estimate of drug-likeness (QED) is 0.705. The number of aryl methyl sites for hydroxylation is 2. The van der Waals surface area contributed by atoms with Crippen molar-refractivity contribution < 1.29 is 4.79 Å². The molecule has 0 unspecified atom stereocenters. The number of rotatable bonds is 3. The molecule has 0 atom stereocenters. The van der Waals surface area contributed by atoms with E-state index < -0.39 is 0 Å². The van der Waals surface area contributed by atoms with Gasteiger partial charge in [0.2, 0.25) is 0 Å². The Hall–Kier alpha value is -1.22. The summed E-state index contributed by atoms with van der Waals surface area (Å²) in [5.41, 5.74) is 2.69. The van der Waals surface area contributed by atoms with Crippen LogP contribution in [0.15, 0.2) is 12.4 Å². The molecule has 3 heteroatoms. The molecule has 1 aromatic rings. The van der Waals surface area contributed by atoms with E-state index in [4.69, 9.17) is 0 Å². The van der Waals surface area contributed by atoms with Crippen molar-refractivity contribution in [2.45, 2.75) is 13.8 Å². The van der Waals surface area contributed by atoms with Crippen molar-refractivity contribution in [3.63, 3.8) is 0 Å². The zero-order chi connectivity index (χ0) is 9.84. The summed E-state index contributed by atoms with van der Waals surface area (Å²) in [4.78, 5) is 15.6. The number of Topliss-reactive ketones (excluding diaryl/α,β-unsaturated/α-hetero) is 1. The Bertz CT molecular complexity index is 300. The first kappa shape index (κ1) is 9.86. The second-order valence-corrected chi connectivity index (χ2v) is 3.10. The Labute approximate surface area is 78.2 Å². The molecule has 1 N–H and O–H groups in total. The minimum atomic E-state index is 0.125. The maximum Gasteiger partial charge on any atom is 0.177 e. The van der Waals surface area contributed by atoms with Crippen LogP contribution in [0.3, 0.4) is 0 Å². The van der Waals surface area contributed by atoms with Gasteiger partial charge in [-0.25, -0.2) is 0 Å². The molecule has 0 radical (unpaired) electrons. The van der Waals surface area contributed by atoms with Crippen LogP contribution in [0, 0.1) is 13.8 Å². The van der Waals surface area contributed by atoms with Crippen LogP contribution in [0.2, 0.25) is 0 Å². The van der Waals surface area contributed by atoms with E-state index in [1.807, 2.05) is 13.8 Å². The van der Waals surface area contributed by atoms with Crippen molar-refractivity contribution >= 4 is 5.78 Å². The summed E-state index contributed by atoms with van der Waals surface area (Å²) in [6.07, 6.45) is 3.44. The molecular formula is C10H14N2O. The summed E-state index contributed by atoms with van der Waals surface area (Å²) in [6, 6.07) is 0. The average Bonchev–Trinajstić information content (AvgIpc) is 2.04. The van der Waals surface area contributed by atoms with E-state index in [9.17, 15) is 4.79 Å². The molecule has 0 saturated heterocycles. The normalized spacial score (nSPS) is 10.1. The molecule has 1 heterocycles. The number of hydrogen-bond acceptors (Lipinski definition) is 3. The molecule has 0 aliphatic carbocycles. The van der Waals surface area contributed by atoms with E-state index in [1.54, 1.807) is 19.4 Å². The Balaban J connectivity index is 3.05. The number of ketones is 1. The first-order chi connectivity index (χ1) is 6.16. The van der Waals surface area contributed by atoms with Crippen molar-refractivity contribution in [2.75, 3.05) is 13.6 Å². The number of nitrogens with one attached hydrogen (secondary N) is 1. The number of pyridine rings is 1. The van der Waals surface area contributed by atoms with Crippen LogP contribution in [-0.2, 0) is 0 Å². The fourth-order valence-electron chi connectivity index (χ4n) is 1.39. The molecule has 0 saturated carbocycles. The highest BCUT2D eigenvalue weighted by Crippen LogP contribution is 2.11. The first-order valence-electron chi connectivity index (χ1n) is 4.25. The van der Waals surface area contributed by atoms with Gasteiger partial charge in [0.15, 0.2) is 5.78 Å². The smallest absolute Gasteiger partial charge is 0.177 e. The molecule has 3 nitrogen and oxygen atoms in total. The second kappa shape index (κ2) is 4.14. The van der Waals surface area contributed by atoms with Gasteiger partial charge in [-0.05, 0) is 32.0 Å². The summed E-state index contributed by atoms with van der Waals surface area (Å²) in [5, 5.41) is 2.85. The molecule has 0 aliphatic heterocycles. The molecule has 0 aliphatic rings. The van der Waals surface area contributed by atoms with Gasteiger partial charge >= 0.3 is 0 Å². The minimum Gasteiger partial charge on any atom is -0.313 e. The molecule has 1 aromatic heterocycles. The lowest BCUT2D eigenvalue weighted by Crippen LogP contribution is -2.20. The Morgan fingerprint density at radius 2 is 1.92 bits per heavy atom. The van der Waals surface area contributed by atoms with Crippen LogP contribution in [0.4, 0.5) is 0 Å². The monoisotopic (exact) mass is 178 g/mol. The van der Waals surface area contributed by atoms with Gasteiger partial charge < -0.3 is 5.32 Å². The topological polar surface area (TPSA) is 42.0 Å². The van der Waals surface area contributed by atoms with Crippen LogP contribution >= 0.6 is 0 Å². The van der Waals surface area contributed by atoms with Gasteiger partial charge in [0.05, 0.1) is 6.54 Å². The van der Waals surface area contributed by atoms with Crippen molar-refractivity contribution in [2.24, 2.45) is 0 Å². The Morgan fingerprint density at radius 3 is 2.38 bits per heavy atom. The van der Waals surface area contributed by atoms with Gasteiger partial charge in [0.25, 0.3) is 0 Å². The van der Waals surface area contributed by atoms with Crippen LogP contribution in [0.25, 0.3) is 0 Å². The summed E-state index contributed by atoms with van der Waals surface area (Å²) < 4.78 is 0. The van der Waals surface area contributed by atoms with Crippen LogP contribution in [0.1, 0.15) is 21.5 Å². The zero-order valence-electron chi connectivity index (χ0n) is 8.22. The summed E-state index contributed by atoms with van der Waals surface area (Å²) in [7, 11) is 1.77. The number of likely N-dealkylation sites (N-methyl/N-ethyl adjacent to an activating group) is 1. The van der Waals surface area contributed by atoms with E-state index in [2.05, 4.69) is 10.3 Å². The highest BCUT2D eigenvalue weighted by Gasteiger charge is 2.10. The van der Waals surface area contributed by atoms with Crippen molar-refractivity contribution in [1.29, 1.82) is 0 Å². The number of aromatic nitrogens is 1. The van der Waals surface area contributed by atoms with Gasteiger partial charge in [-0.15, -0.1) is 0 Å². The fourth-order valence-corrected chi connectivity index (χ4v) is 1.39. The minimum absolute atomic E-state index is 0.125. The summed E-state index contributed by atoms with van der Waals surface area (Å²) in [6.45, 7) is 4.19. The molecule has 0 aromatic carbocycles. The van der Waals surface area contributed by atoms with Crippen LogP contribution in [0.5, 0.6) is 0 Å². The fraction of sp³-hybridized carbons (Fsp3) is 0.400. The van der Waals surface area contributed by atoms with Gasteiger partial charge in [0, 0.05) is 18.0 Å². The number of carbonyl (C=O) groups excluding carboxylic acids is 1. The molecule has 70 valence electrons. The highest BCUT2D eigenvalue weighted by molar-refractivity contribution is 6.00. The largest absolute Gasteiger partial charge is 0.313 e. The summed E-state index contributed by atoms with van der Waals surface area (Å²) >= 11 is 0. The Kier molecular flexibility index (Phi) is 3.14. The van der Waals surface area contributed by atoms with Crippen LogP contribution in [-0.4, -0.2) is 24.4 Å². The molecular weight excluding hydrogens is 164 g/mol. The molecule has 0 bridgehead atoms. The van der Waals surface area contributed by atoms with E-state index in [0.717, 1.165) is 16.7 Å². The molecule has 0 fully saturated rings. The second-order valence-electron chi connectivity index (χ2n) is 3.10. The lowest BCUT2D eigenvalue weighted by molar-refractivity contribution is 0.0992. The third-order valence-electron chi connectivity index (χ3n) is 1.94. The van der Waals surface area contributed by atoms with Crippen LogP contribution < -0.4 is 5.32 Å². The lowest BCUT2D eigenvalue weighted by Gasteiger charge is -2.06. The van der Waals surface area contributed by atoms with E-state index >= 15 is 0 Å². The maximum atomic E-state index is 11.6. The van der Waals surface area contributed by atoms with Gasteiger partial charge in [-0.1, -0.05) is 0 Å². The van der Waals surface area contributed by atoms with Crippen molar-refractivity contribution in [3.05, 3.63) is 29.1 Å². The Morgan fingerprint density at radius 1 is 1.38 bits per heavy atom. The predicted octanol–water partition coefficient (Wildman–Crippen LogP) is 1.10. The number of carbonyl (C=O) groups is 1. The molecule has 13 heavy (non-hydrogen) atoms. The maximum absolute atomic E-state index is 11.6. The molecule has 0 spiro atoms. The third kappa shape index (κ3) is 2.12. The van der Waals surface area contributed by atoms with Crippen molar-refractivity contribution in [1.82, 2.24) is 10.3 Å². The summed E-state index contributed by atoms with van der Waals surface area (Å²) in [5.74, 6) is 0.125. The van der Waals surface area contributed by atoms with E-state index in [1.165, 1.54) is 0 Å². The molecule has 1 rings (SSSR count). The van der Waals surface area contributed by atoms with E-state index in [0.29, 0.717) is 6.54 Å². The predicted molar refractivity (Wildman–Crippen MR) is 52.0 cm³/mol. The van der Waals surface area contributed by atoms with Gasteiger partial charge in [-0.3, -0.25) is 9.78 Å². The number of nitrogens with zero attached hydrogens (tertiary/aromatic N) is 1. The first-order valence-corrected chi connectivity index (χ1v) is 4.25. The average molecular weight is 178 g/mol. The standard InChI is InChI=1S/C10H14N2O/c1-7-4-12-5-8(2)10(7)9(13)6-11-3/h4-5,11H,6H2,1-3H3. The van der Waals surface area contributed by atoms with Gasteiger partial charge in [0.1, 0.15) is 0 Å². The van der Waals surface area contributed by atoms with Crippen molar-refractivity contribution in [3.8, 4) is 0 Å². The number of hydrogen-bond donors (Lipinski definition) is 1. The highest BCUT2D eigenvalue weighted by atomic mass is 16.1. The van der Waals surface area contributed by atoms with E-state index in [-0.39, 0.29) is 5.78 Å². The third-order valence-corrected chi connectivity index (χ3v) is 1.94. The van der Waals surface area contributed by atoms with Gasteiger partial charge in [-0.2, -0.15) is 0 Å². The lowest BCUT2D eigenvalue weighted by atomic mass is 10.0. The zero-order valence-corrected chi connectivity index (χ0v) is 8.22.